The summed E-state index contributed by atoms with van der Waals surface area (Å²) in [7, 11) is 1.61. The van der Waals surface area contributed by atoms with E-state index in [-0.39, 0.29) is 17.9 Å². The van der Waals surface area contributed by atoms with Crippen molar-refractivity contribution in [2.75, 3.05) is 25.6 Å². The summed E-state index contributed by atoms with van der Waals surface area (Å²) in [4.78, 5) is 26.5. The molecular weight excluding hydrogens is 388 g/mol. The highest BCUT2D eigenvalue weighted by Gasteiger charge is 2.23. The first kappa shape index (κ1) is 19.5. The summed E-state index contributed by atoms with van der Waals surface area (Å²) in [5, 5.41) is 5.79. The van der Waals surface area contributed by atoms with E-state index in [4.69, 9.17) is 9.47 Å². The topological polar surface area (TPSA) is 76.7 Å². The predicted octanol–water partition coefficient (Wildman–Crippen LogP) is 3.69. The molecule has 4 rings (SSSR count). The first-order valence-electron chi connectivity index (χ1n) is 9.51. The number of rotatable bonds is 5. The second-order valence-electron chi connectivity index (χ2n) is 6.90. The fourth-order valence-electron chi connectivity index (χ4n) is 3.30. The van der Waals surface area contributed by atoms with Crippen LogP contribution in [0, 0.1) is 0 Å². The molecular formula is C22H22N2O4S. The Balaban J connectivity index is 1.47. The van der Waals surface area contributed by atoms with Crippen molar-refractivity contribution in [2.45, 2.75) is 23.8 Å². The van der Waals surface area contributed by atoms with Crippen LogP contribution in [0.2, 0.25) is 0 Å². The van der Waals surface area contributed by atoms with Crippen molar-refractivity contribution < 1.29 is 19.1 Å². The zero-order chi connectivity index (χ0) is 20.2. The third kappa shape index (κ3) is 4.63. The minimum absolute atomic E-state index is 0.0936. The van der Waals surface area contributed by atoms with E-state index in [2.05, 4.69) is 10.6 Å². The Bertz CT molecular complexity index is 967. The number of anilines is 1. The van der Waals surface area contributed by atoms with Gasteiger partial charge in [0.25, 0.3) is 11.8 Å². The number of carbonyl (C=O) groups excluding carboxylic acids is 2. The second kappa shape index (κ2) is 8.71. The van der Waals surface area contributed by atoms with Crippen LogP contribution in [0.4, 0.5) is 5.69 Å². The molecule has 0 saturated carbocycles. The third-order valence-electron chi connectivity index (χ3n) is 4.84. The number of fused-ring (bicyclic) bond motifs is 1. The molecule has 2 heterocycles. The van der Waals surface area contributed by atoms with Crippen LogP contribution in [0.5, 0.6) is 5.75 Å². The lowest BCUT2D eigenvalue weighted by molar-refractivity contribution is -0.112. The van der Waals surface area contributed by atoms with Crippen LogP contribution < -0.4 is 15.4 Å². The maximum absolute atomic E-state index is 12.5. The van der Waals surface area contributed by atoms with E-state index < -0.39 is 0 Å². The van der Waals surface area contributed by atoms with E-state index in [1.54, 1.807) is 19.2 Å². The molecule has 1 atom stereocenters. The monoisotopic (exact) mass is 410 g/mol. The highest BCUT2D eigenvalue weighted by molar-refractivity contribution is 8.04. The standard InChI is InChI=1S/C22H22N2O4S/c1-27-16-5-2-4-14(10-16)11-20-22(26)24-18-12-15(7-8-19(18)29-20)21(25)23-13-17-6-3-9-28-17/h2,4-5,7-8,10-12,17H,3,6,9,13H2,1H3,(H,23,25)(H,24,26). The quantitative estimate of drug-likeness (QED) is 0.736. The molecule has 7 heteroatoms. The van der Waals surface area contributed by atoms with E-state index in [0.29, 0.717) is 22.7 Å². The van der Waals surface area contributed by atoms with Crippen LogP contribution in [-0.2, 0) is 9.53 Å². The summed E-state index contributed by atoms with van der Waals surface area (Å²) in [5.74, 6) is 0.377. The molecule has 2 aliphatic heterocycles. The van der Waals surface area contributed by atoms with Gasteiger partial charge < -0.3 is 20.1 Å². The molecule has 2 N–H and O–H groups in total. The third-order valence-corrected chi connectivity index (χ3v) is 5.94. The molecule has 2 aliphatic rings. The van der Waals surface area contributed by atoms with Crippen molar-refractivity contribution >= 4 is 35.3 Å². The number of hydrogen-bond acceptors (Lipinski definition) is 5. The summed E-state index contributed by atoms with van der Waals surface area (Å²) in [6, 6.07) is 12.9. The lowest BCUT2D eigenvalue weighted by Crippen LogP contribution is -2.31. The van der Waals surface area contributed by atoms with Gasteiger partial charge in [-0.1, -0.05) is 23.9 Å². The maximum Gasteiger partial charge on any atom is 0.262 e. The first-order chi connectivity index (χ1) is 14.1. The minimum atomic E-state index is -0.192. The lowest BCUT2D eigenvalue weighted by Gasteiger charge is -2.19. The number of carbonyl (C=O) groups is 2. The van der Waals surface area contributed by atoms with Crippen LogP contribution >= 0.6 is 11.8 Å². The van der Waals surface area contributed by atoms with Gasteiger partial charge >= 0.3 is 0 Å². The van der Waals surface area contributed by atoms with Crippen LogP contribution in [0.1, 0.15) is 28.8 Å². The van der Waals surface area contributed by atoms with Crippen molar-refractivity contribution in [3.05, 3.63) is 58.5 Å². The van der Waals surface area contributed by atoms with Gasteiger partial charge in [0.1, 0.15) is 5.75 Å². The zero-order valence-electron chi connectivity index (χ0n) is 16.1. The Morgan fingerprint density at radius 3 is 3.03 bits per heavy atom. The van der Waals surface area contributed by atoms with Crippen molar-refractivity contribution in [3.63, 3.8) is 0 Å². The van der Waals surface area contributed by atoms with Crippen LogP contribution in [0.25, 0.3) is 6.08 Å². The molecule has 0 radical (unpaired) electrons. The average Bonchev–Trinajstić information content (AvgIpc) is 3.26. The molecule has 0 bridgehead atoms. The predicted molar refractivity (Wildman–Crippen MR) is 113 cm³/mol. The molecule has 1 fully saturated rings. The second-order valence-corrected chi connectivity index (χ2v) is 7.98. The van der Waals surface area contributed by atoms with Crippen molar-refractivity contribution in [3.8, 4) is 5.75 Å². The normalized spacial score (nSPS) is 19.6. The summed E-state index contributed by atoms with van der Waals surface area (Å²) in [6.45, 7) is 1.26. The molecule has 0 aromatic heterocycles. The number of thioether (sulfide) groups is 1. The Morgan fingerprint density at radius 2 is 2.24 bits per heavy atom. The van der Waals surface area contributed by atoms with Gasteiger partial charge in [-0.2, -0.15) is 0 Å². The molecule has 2 aromatic rings. The number of ether oxygens (including phenoxy) is 2. The molecule has 150 valence electrons. The fraction of sp³-hybridized carbons (Fsp3) is 0.273. The van der Waals surface area contributed by atoms with E-state index in [0.717, 1.165) is 35.7 Å². The Labute approximate surface area is 173 Å². The average molecular weight is 410 g/mol. The van der Waals surface area contributed by atoms with E-state index in [1.165, 1.54) is 11.8 Å². The SMILES string of the molecule is COc1cccc(C=C2Sc3ccc(C(=O)NCC4CCCO4)cc3NC2=O)c1. The molecule has 2 amide bonds. The van der Waals surface area contributed by atoms with E-state index in [9.17, 15) is 9.59 Å². The van der Waals surface area contributed by atoms with Crippen LogP contribution in [-0.4, -0.2) is 38.2 Å². The van der Waals surface area contributed by atoms with Crippen molar-refractivity contribution in [1.29, 1.82) is 0 Å². The minimum Gasteiger partial charge on any atom is -0.497 e. The van der Waals surface area contributed by atoms with E-state index >= 15 is 0 Å². The Morgan fingerprint density at radius 1 is 1.34 bits per heavy atom. The van der Waals surface area contributed by atoms with Gasteiger partial charge in [0, 0.05) is 23.6 Å². The Kier molecular flexibility index (Phi) is 5.87. The molecule has 0 spiro atoms. The van der Waals surface area contributed by atoms with Gasteiger partial charge in [-0.15, -0.1) is 0 Å². The van der Waals surface area contributed by atoms with Gasteiger partial charge in [-0.3, -0.25) is 9.59 Å². The summed E-state index contributed by atoms with van der Waals surface area (Å²) < 4.78 is 10.8. The van der Waals surface area contributed by atoms with E-state index in [1.807, 2.05) is 36.4 Å². The summed E-state index contributed by atoms with van der Waals surface area (Å²) >= 11 is 1.38. The highest BCUT2D eigenvalue weighted by atomic mass is 32.2. The van der Waals surface area contributed by atoms with Gasteiger partial charge in [-0.25, -0.2) is 0 Å². The summed E-state index contributed by atoms with van der Waals surface area (Å²) in [6.07, 6.45) is 3.93. The van der Waals surface area contributed by atoms with Crippen LogP contribution in [0.15, 0.2) is 52.3 Å². The van der Waals surface area contributed by atoms with Crippen molar-refractivity contribution in [1.82, 2.24) is 5.32 Å². The maximum atomic E-state index is 12.5. The number of amides is 2. The molecule has 29 heavy (non-hydrogen) atoms. The number of nitrogens with one attached hydrogen (secondary N) is 2. The smallest absolute Gasteiger partial charge is 0.262 e. The van der Waals surface area contributed by atoms with Crippen LogP contribution in [0.3, 0.4) is 0 Å². The summed E-state index contributed by atoms with van der Waals surface area (Å²) in [5.41, 5.74) is 2.05. The first-order valence-corrected chi connectivity index (χ1v) is 10.3. The molecule has 2 aromatic carbocycles. The van der Waals surface area contributed by atoms with Gasteiger partial charge in [0.15, 0.2) is 0 Å². The fourth-order valence-corrected chi connectivity index (χ4v) is 4.23. The molecule has 1 unspecified atom stereocenters. The highest BCUT2D eigenvalue weighted by Crippen LogP contribution is 2.39. The molecule has 1 saturated heterocycles. The Hall–Kier alpha value is -2.77. The number of methoxy groups -OCH3 is 1. The van der Waals surface area contributed by atoms with Gasteiger partial charge in [-0.05, 0) is 54.8 Å². The molecule has 6 nitrogen and oxygen atoms in total. The zero-order valence-corrected chi connectivity index (χ0v) is 16.9. The van der Waals surface area contributed by atoms with Gasteiger partial charge in [0.2, 0.25) is 0 Å². The van der Waals surface area contributed by atoms with Gasteiger partial charge in [0.05, 0.1) is 23.8 Å². The van der Waals surface area contributed by atoms with Crippen molar-refractivity contribution in [2.24, 2.45) is 0 Å². The number of hydrogen-bond donors (Lipinski definition) is 2. The number of benzene rings is 2. The molecule has 0 aliphatic carbocycles. The largest absolute Gasteiger partial charge is 0.497 e. The lowest BCUT2D eigenvalue weighted by atomic mass is 10.1.